The molecule has 1 aromatic heterocycles. The van der Waals surface area contributed by atoms with Crippen molar-refractivity contribution in [3.8, 4) is 0 Å². The van der Waals surface area contributed by atoms with Crippen LogP contribution in [0, 0.1) is 13.8 Å². The number of aromatic nitrogens is 2. The molecule has 7 heteroatoms. The summed E-state index contributed by atoms with van der Waals surface area (Å²) in [7, 11) is 0. The SMILES string of the molecule is Cc1cc2nc(C(=O)N3CCN(C(=O)O)CC3)[nH]c2cc1C. The van der Waals surface area contributed by atoms with Gasteiger partial charge in [-0.25, -0.2) is 9.78 Å². The lowest BCUT2D eigenvalue weighted by atomic mass is 10.1. The molecule has 1 aliphatic rings. The molecule has 2 amide bonds. The third-order valence-electron chi connectivity index (χ3n) is 4.14. The third kappa shape index (κ3) is 2.49. The number of carbonyl (C=O) groups is 2. The summed E-state index contributed by atoms with van der Waals surface area (Å²) in [6.07, 6.45) is -0.943. The minimum atomic E-state index is -0.943. The van der Waals surface area contributed by atoms with Crippen LogP contribution in [-0.4, -0.2) is 63.1 Å². The molecule has 3 rings (SSSR count). The Labute approximate surface area is 127 Å². The first-order valence-corrected chi connectivity index (χ1v) is 7.20. The maximum atomic E-state index is 12.5. The zero-order chi connectivity index (χ0) is 15.9. The van der Waals surface area contributed by atoms with Gasteiger partial charge < -0.3 is 19.9 Å². The van der Waals surface area contributed by atoms with Gasteiger partial charge in [0.1, 0.15) is 0 Å². The monoisotopic (exact) mass is 302 g/mol. The van der Waals surface area contributed by atoms with Crippen molar-refractivity contribution >= 4 is 23.0 Å². The molecule has 1 aromatic carbocycles. The number of nitrogens with one attached hydrogen (secondary N) is 1. The van der Waals surface area contributed by atoms with Crippen LogP contribution in [0.5, 0.6) is 0 Å². The fourth-order valence-corrected chi connectivity index (χ4v) is 2.62. The largest absolute Gasteiger partial charge is 0.465 e. The zero-order valence-corrected chi connectivity index (χ0v) is 12.6. The lowest BCUT2D eigenvalue weighted by Gasteiger charge is -2.32. The lowest BCUT2D eigenvalue weighted by molar-refractivity contribution is 0.0615. The first-order chi connectivity index (χ1) is 10.5. The molecule has 0 saturated carbocycles. The highest BCUT2D eigenvalue weighted by molar-refractivity contribution is 5.94. The van der Waals surface area contributed by atoms with Gasteiger partial charge in [-0.05, 0) is 37.1 Å². The van der Waals surface area contributed by atoms with Crippen LogP contribution in [0.4, 0.5) is 4.79 Å². The van der Waals surface area contributed by atoms with E-state index in [0.717, 1.165) is 22.2 Å². The number of imidazole rings is 1. The maximum Gasteiger partial charge on any atom is 0.407 e. The number of carbonyl (C=O) groups excluding carboxylic acids is 1. The molecular formula is C15H18N4O3. The molecule has 1 aliphatic heterocycles. The van der Waals surface area contributed by atoms with Gasteiger partial charge in [0.25, 0.3) is 5.91 Å². The topological polar surface area (TPSA) is 89.5 Å². The Morgan fingerprint density at radius 1 is 1.09 bits per heavy atom. The second kappa shape index (κ2) is 5.32. The van der Waals surface area contributed by atoms with E-state index in [1.165, 1.54) is 4.90 Å². The molecular weight excluding hydrogens is 284 g/mol. The van der Waals surface area contributed by atoms with Crippen LogP contribution >= 0.6 is 0 Å². The van der Waals surface area contributed by atoms with E-state index in [4.69, 9.17) is 5.11 Å². The summed E-state index contributed by atoms with van der Waals surface area (Å²) >= 11 is 0. The quantitative estimate of drug-likeness (QED) is 0.837. The first-order valence-electron chi connectivity index (χ1n) is 7.20. The summed E-state index contributed by atoms with van der Waals surface area (Å²) in [5, 5.41) is 8.93. The molecule has 116 valence electrons. The molecule has 0 bridgehead atoms. The fourth-order valence-electron chi connectivity index (χ4n) is 2.62. The molecule has 0 radical (unpaired) electrons. The van der Waals surface area contributed by atoms with E-state index < -0.39 is 6.09 Å². The molecule has 22 heavy (non-hydrogen) atoms. The van der Waals surface area contributed by atoms with E-state index in [1.54, 1.807) is 4.90 Å². The van der Waals surface area contributed by atoms with Crippen molar-refractivity contribution in [1.29, 1.82) is 0 Å². The molecule has 1 saturated heterocycles. The Hall–Kier alpha value is -2.57. The highest BCUT2D eigenvalue weighted by atomic mass is 16.4. The summed E-state index contributed by atoms with van der Waals surface area (Å²) in [6, 6.07) is 3.94. The third-order valence-corrected chi connectivity index (χ3v) is 4.14. The summed E-state index contributed by atoms with van der Waals surface area (Å²) in [5.41, 5.74) is 3.89. The number of benzene rings is 1. The van der Waals surface area contributed by atoms with Crippen LogP contribution < -0.4 is 0 Å². The number of piperazine rings is 1. The van der Waals surface area contributed by atoms with Crippen molar-refractivity contribution < 1.29 is 14.7 Å². The van der Waals surface area contributed by atoms with E-state index in [1.807, 2.05) is 26.0 Å². The molecule has 0 spiro atoms. The number of hydrogen-bond acceptors (Lipinski definition) is 3. The van der Waals surface area contributed by atoms with E-state index >= 15 is 0 Å². The number of rotatable bonds is 1. The van der Waals surface area contributed by atoms with Crippen molar-refractivity contribution in [2.75, 3.05) is 26.2 Å². The highest BCUT2D eigenvalue weighted by Crippen LogP contribution is 2.18. The van der Waals surface area contributed by atoms with Crippen molar-refractivity contribution in [2.24, 2.45) is 0 Å². The molecule has 2 aromatic rings. The molecule has 2 heterocycles. The van der Waals surface area contributed by atoms with Gasteiger partial charge in [-0.15, -0.1) is 0 Å². The predicted octanol–water partition coefficient (Wildman–Crippen LogP) is 1.62. The van der Waals surface area contributed by atoms with E-state index in [9.17, 15) is 9.59 Å². The van der Waals surface area contributed by atoms with Crippen LogP contribution in [0.15, 0.2) is 12.1 Å². The average Bonchev–Trinajstić information content (AvgIpc) is 2.90. The average molecular weight is 302 g/mol. The Balaban J connectivity index is 1.79. The minimum Gasteiger partial charge on any atom is -0.465 e. The number of aromatic amines is 1. The summed E-state index contributed by atoms with van der Waals surface area (Å²) in [4.78, 5) is 33.7. The van der Waals surface area contributed by atoms with E-state index in [-0.39, 0.29) is 5.91 Å². The summed E-state index contributed by atoms with van der Waals surface area (Å²) in [6.45, 7) is 5.47. The highest BCUT2D eigenvalue weighted by Gasteiger charge is 2.26. The first kappa shape index (κ1) is 14.4. The number of amides is 2. The smallest absolute Gasteiger partial charge is 0.407 e. The zero-order valence-electron chi connectivity index (χ0n) is 12.6. The van der Waals surface area contributed by atoms with Gasteiger partial charge in [-0.3, -0.25) is 4.79 Å². The van der Waals surface area contributed by atoms with Gasteiger partial charge in [-0.1, -0.05) is 0 Å². The van der Waals surface area contributed by atoms with Crippen molar-refractivity contribution in [3.63, 3.8) is 0 Å². The second-order valence-corrected chi connectivity index (χ2v) is 5.60. The van der Waals surface area contributed by atoms with E-state index in [2.05, 4.69) is 9.97 Å². The predicted molar refractivity (Wildman–Crippen MR) is 81.1 cm³/mol. The Bertz CT molecular complexity index is 706. The number of nitrogens with zero attached hydrogens (tertiary/aromatic N) is 3. The van der Waals surface area contributed by atoms with Gasteiger partial charge in [0.05, 0.1) is 11.0 Å². The summed E-state index contributed by atoms with van der Waals surface area (Å²) < 4.78 is 0. The maximum absolute atomic E-state index is 12.5. The summed E-state index contributed by atoms with van der Waals surface area (Å²) in [5.74, 6) is 0.125. The van der Waals surface area contributed by atoms with Crippen LogP contribution in [0.2, 0.25) is 0 Å². The molecule has 0 aliphatic carbocycles. The molecule has 0 unspecified atom stereocenters. The molecule has 0 atom stereocenters. The number of aryl methyl sites for hydroxylation is 2. The standard InChI is InChI=1S/C15H18N4O3/c1-9-7-11-12(8-10(9)2)17-13(16-11)14(20)18-3-5-19(6-4-18)15(21)22/h7-8H,3-6H2,1-2H3,(H,16,17)(H,21,22). The van der Waals surface area contributed by atoms with Crippen molar-refractivity contribution in [3.05, 3.63) is 29.1 Å². The Kier molecular flexibility index (Phi) is 3.48. The molecule has 1 fully saturated rings. The minimum absolute atomic E-state index is 0.184. The Morgan fingerprint density at radius 3 is 2.32 bits per heavy atom. The van der Waals surface area contributed by atoms with Crippen LogP contribution in [0.3, 0.4) is 0 Å². The second-order valence-electron chi connectivity index (χ2n) is 5.60. The van der Waals surface area contributed by atoms with Crippen molar-refractivity contribution in [1.82, 2.24) is 19.8 Å². The van der Waals surface area contributed by atoms with Crippen LogP contribution in [-0.2, 0) is 0 Å². The van der Waals surface area contributed by atoms with Gasteiger partial charge in [0, 0.05) is 26.2 Å². The Morgan fingerprint density at radius 2 is 1.68 bits per heavy atom. The van der Waals surface area contributed by atoms with Gasteiger partial charge in [-0.2, -0.15) is 0 Å². The number of carboxylic acid groups (broad SMARTS) is 1. The van der Waals surface area contributed by atoms with Crippen molar-refractivity contribution in [2.45, 2.75) is 13.8 Å². The van der Waals surface area contributed by atoms with Crippen LogP contribution in [0.25, 0.3) is 11.0 Å². The number of H-pyrrole nitrogens is 1. The normalized spacial score (nSPS) is 15.4. The van der Waals surface area contributed by atoms with Gasteiger partial charge >= 0.3 is 6.09 Å². The molecule has 2 N–H and O–H groups in total. The number of fused-ring (bicyclic) bond motifs is 1. The van der Waals surface area contributed by atoms with Gasteiger partial charge in [0.15, 0.2) is 5.82 Å². The number of hydrogen-bond donors (Lipinski definition) is 2. The molecule has 7 nitrogen and oxygen atoms in total. The van der Waals surface area contributed by atoms with E-state index in [0.29, 0.717) is 32.0 Å². The van der Waals surface area contributed by atoms with Crippen LogP contribution in [0.1, 0.15) is 21.7 Å². The lowest BCUT2D eigenvalue weighted by Crippen LogP contribution is -2.50. The van der Waals surface area contributed by atoms with Gasteiger partial charge in [0.2, 0.25) is 0 Å². The fraction of sp³-hybridized carbons (Fsp3) is 0.400.